The summed E-state index contributed by atoms with van der Waals surface area (Å²) in [6.07, 6.45) is 0. The minimum atomic E-state index is 0.909. The number of nitrogens with zero attached hydrogens (tertiary/aromatic N) is 1. The second kappa shape index (κ2) is 10.1. The molecule has 0 saturated carbocycles. The SMILES string of the molecule is c1ccc(-c2ccc3oc4ccc(-c5ccc6cc(N(c7ccccc7)c7ccccc7)ccc6c5)cc4c3c2)cc1. The topological polar surface area (TPSA) is 16.4 Å². The van der Waals surface area contributed by atoms with E-state index >= 15 is 0 Å². The molecule has 0 saturated heterocycles. The zero-order valence-corrected chi connectivity index (χ0v) is 22.9. The molecule has 0 N–H and O–H groups in total. The van der Waals surface area contributed by atoms with E-state index in [9.17, 15) is 0 Å². The molecule has 42 heavy (non-hydrogen) atoms. The number of rotatable bonds is 5. The fourth-order valence-electron chi connectivity index (χ4n) is 5.92. The molecule has 0 bridgehead atoms. The van der Waals surface area contributed by atoms with Gasteiger partial charge in [-0.3, -0.25) is 0 Å². The monoisotopic (exact) mass is 537 g/mol. The third-order valence-electron chi connectivity index (χ3n) is 8.02. The van der Waals surface area contributed by atoms with Crippen molar-refractivity contribution < 1.29 is 4.42 Å². The van der Waals surface area contributed by atoms with Gasteiger partial charge in [-0.1, -0.05) is 97.1 Å². The molecule has 0 atom stereocenters. The third-order valence-corrected chi connectivity index (χ3v) is 8.02. The van der Waals surface area contributed by atoms with Crippen molar-refractivity contribution in [3.63, 3.8) is 0 Å². The van der Waals surface area contributed by atoms with E-state index in [1.54, 1.807) is 0 Å². The van der Waals surface area contributed by atoms with Crippen LogP contribution >= 0.6 is 0 Å². The highest BCUT2D eigenvalue weighted by Crippen LogP contribution is 2.38. The van der Waals surface area contributed by atoms with Gasteiger partial charge in [0.15, 0.2) is 0 Å². The van der Waals surface area contributed by atoms with E-state index in [1.807, 2.05) is 0 Å². The van der Waals surface area contributed by atoms with Gasteiger partial charge in [0.2, 0.25) is 0 Å². The van der Waals surface area contributed by atoms with Crippen molar-refractivity contribution in [1.29, 1.82) is 0 Å². The van der Waals surface area contributed by atoms with Crippen LogP contribution < -0.4 is 4.90 Å². The predicted octanol–water partition coefficient (Wildman–Crippen LogP) is 11.5. The summed E-state index contributed by atoms with van der Waals surface area (Å²) in [4.78, 5) is 2.30. The predicted molar refractivity (Wildman–Crippen MR) is 177 cm³/mol. The summed E-state index contributed by atoms with van der Waals surface area (Å²) in [5, 5.41) is 4.69. The first-order chi connectivity index (χ1) is 20.8. The lowest BCUT2D eigenvalue weighted by molar-refractivity contribution is 0.669. The van der Waals surface area contributed by atoms with Gasteiger partial charge in [0.25, 0.3) is 0 Å². The van der Waals surface area contributed by atoms with Crippen LogP contribution in [0.2, 0.25) is 0 Å². The smallest absolute Gasteiger partial charge is 0.135 e. The van der Waals surface area contributed by atoms with E-state index in [2.05, 4.69) is 169 Å². The van der Waals surface area contributed by atoms with Crippen molar-refractivity contribution in [1.82, 2.24) is 0 Å². The minimum absolute atomic E-state index is 0.909. The average Bonchev–Trinajstić information content (AvgIpc) is 3.43. The number of fused-ring (bicyclic) bond motifs is 4. The molecule has 1 aromatic heterocycles. The maximum absolute atomic E-state index is 6.21. The average molecular weight is 538 g/mol. The van der Waals surface area contributed by atoms with Crippen molar-refractivity contribution in [2.24, 2.45) is 0 Å². The van der Waals surface area contributed by atoms with Crippen LogP contribution in [-0.2, 0) is 0 Å². The molecule has 8 aromatic rings. The van der Waals surface area contributed by atoms with Gasteiger partial charge in [0.1, 0.15) is 11.2 Å². The second-order valence-corrected chi connectivity index (χ2v) is 10.6. The molecule has 0 aliphatic rings. The molecule has 0 aliphatic heterocycles. The quantitative estimate of drug-likeness (QED) is 0.217. The lowest BCUT2D eigenvalue weighted by Gasteiger charge is -2.25. The maximum Gasteiger partial charge on any atom is 0.135 e. The van der Waals surface area contributed by atoms with E-state index in [1.165, 1.54) is 33.0 Å². The summed E-state index contributed by atoms with van der Waals surface area (Å²) < 4.78 is 6.21. The van der Waals surface area contributed by atoms with E-state index in [4.69, 9.17) is 4.42 Å². The van der Waals surface area contributed by atoms with Crippen LogP contribution in [0.3, 0.4) is 0 Å². The third kappa shape index (κ3) is 4.31. The second-order valence-electron chi connectivity index (χ2n) is 10.6. The van der Waals surface area contributed by atoms with Crippen molar-refractivity contribution >= 4 is 49.8 Å². The molecule has 0 amide bonds. The largest absolute Gasteiger partial charge is 0.456 e. The Morgan fingerprint density at radius 3 is 1.43 bits per heavy atom. The minimum Gasteiger partial charge on any atom is -0.456 e. The van der Waals surface area contributed by atoms with E-state index in [-0.39, 0.29) is 0 Å². The molecular formula is C40H27NO. The molecule has 0 spiro atoms. The van der Waals surface area contributed by atoms with Gasteiger partial charge in [-0.15, -0.1) is 0 Å². The maximum atomic E-state index is 6.21. The molecule has 7 aromatic carbocycles. The molecule has 0 radical (unpaired) electrons. The van der Waals surface area contributed by atoms with E-state index in [0.29, 0.717) is 0 Å². The van der Waals surface area contributed by atoms with E-state index in [0.717, 1.165) is 39.0 Å². The van der Waals surface area contributed by atoms with Gasteiger partial charge >= 0.3 is 0 Å². The van der Waals surface area contributed by atoms with E-state index < -0.39 is 0 Å². The van der Waals surface area contributed by atoms with Gasteiger partial charge in [-0.25, -0.2) is 0 Å². The molecule has 0 unspecified atom stereocenters. The normalized spacial score (nSPS) is 11.3. The molecule has 2 nitrogen and oxygen atoms in total. The van der Waals surface area contributed by atoms with Crippen LogP contribution in [-0.4, -0.2) is 0 Å². The van der Waals surface area contributed by atoms with Crippen LogP contribution in [0.5, 0.6) is 0 Å². The van der Waals surface area contributed by atoms with Crippen molar-refractivity contribution in [3.8, 4) is 22.3 Å². The molecule has 0 aliphatic carbocycles. The summed E-state index contributed by atoms with van der Waals surface area (Å²) in [6, 6.07) is 58.0. The number of furan rings is 1. The number of benzene rings is 7. The molecule has 2 heteroatoms. The Hall–Kier alpha value is -5.60. The van der Waals surface area contributed by atoms with Gasteiger partial charge < -0.3 is 9.32 Å². The highest BCUT2D eigenvalue weighted by molar-refractivity contribution is 6.08. The van der Waals surface area contributed by atoms with Gasteiger partial charge in [-0.05, 0) is 99.8 Å². The number of hydrogen-bond acceptors (Lipinski definition) is 2. The Labute approximate surface area is 244 Å². The fraction of sp³-hybridized carbons (Fsp3) is 0. The summed E-state index contributed by atoms with van der Waals surface area (Å²) >= 11 is 0. The van der Waals surface area contributed by atoms with Crippen LogP contribution in [0.4, 0.5) is 17.1 Å². The van der Waals surface area contributed by atoms with Gasteiger partial charge in [0.05, 0.1) is 0 Å². The lowest BCUT2D eigenvalue weighted by atomic mass is 9.98. The first-order valence-electron chi connectivity index (χ1n) is 14.3. The Morgan fingerprint density at radius 1 is 0.333 bits per heavy atom. The highest BCUT2D eigenvalue weighted by Gasteiger charge is 2.14. The van der Waals surface area contributed by atoms with Crippen LogP contribution in [0.25, 0.3) is 55.0 Å². The zero-order valence-electron chi connectivity index (χ0n) is 22.9. The Balaban J connectivity index is 1.19. The van der Waals surface area contributed by atoms with Crippen molar-refractivity contribution in [2.45, 2.75) is 0 Å². The fourth-order valence-corrected chi connectivity index (χ4v) is 5.92. The summed E-state index contributed by atoms with van der Waals surface area (Å²) in [5.74, 6) is 0. The van der Waals surface area contributed by atoms with Crippen LogP contribution in [0, 0.1) is 0 Å². The first kappa shape index (κ1) is 24.2. The Bertz CT molecular complexity index is 2140. The molecule has 0 fully saturated rings. The molecule has 1 heterocycles. The lowest BCUT2D eigenvalue weighted by Crippen LogP contribution is -2.09. The van der Waals surface area contributed by atoms with Crippen LogP contribution in [0.1, 0.15) is 0 Å². The molecule has 8 rings (SSSR count). The van der Waals surface area contributed by atoms with Crippen LogP contribution in [0.15, 0.2) is 168 Å². The summed E-state index contributed by atoms with van der Waals surface area (Å²) in [7, 11) is 0. The summed E-state index contributed by atoms with van der Waals surface area (Å²) in [6.45, 7) is 0. The van der Waals surface area contributed by atoms with Gasteiger partial charge in [0, 0.05) is 27.8 Å². The number of hydrogen-bond donors (Lipinski definition) is 0. The Morgan fingerprint density at radius 2 is 0.810 bits per heavy atom. The number of anilines is 3. The Kier molecular flexibility index (Phi) is 5.82. The van der Waals surface area contributed by atoms with Crippen molar-refractivity contribution in [2.75, 3.05) is 4.90 Å². The first-order valence-corrected chi connectivity index (χ1v) is 14.3. The molecular weight excluding hydrogens is 510 g/mol. The zero-order chi connectivity index (χ0) is 27.9. The standard InChI is InChI=1S/C40H27NO/c1-4-10-28(11-5-1)32-19-22-39-37(26-32)38-27-33(20-23-40(38)42-39)29-16-17-31-25-36(21-18-30(31)24-29)41(34-12-6-2-7-13-34)35-14-8-3-9-15-35/h1-27H. The molecule has 198 valence electrons. The van der Waals surface area contributed by atoms with Gasteiger partial charge in [-0.2, -0.15) is 0 Å². The van der Waals surface area contributed by atoms with Crippen molar-refractivity contribution in [3.05, 3.63) is 164 Å². The highest BCUT2D eigenvalue weighted by atomic mass is 16.3. The number of para-hydroxylation sites is 2. The summed E-state index contributed by atoms with van der Waals surface area (Å²) in [5.41, 5.74) is 9.99.